The highest BCUT2D eigenvalue weighted by molar-refractivity contribution is 9.10. The first kappa shape index (κ1) is 19.5. The highest BCUT2D eigenvalue weighted by atomic mass is 79.9. The Balaban J connectivity index is 1.86. The van der Waals surface area contributed by atoms with Gasteiger partial charge in [-0.3, -0.25) is 4.79 Å². The second kappa shape index (κ2) is 9.62. The Labute approximate surface area is 157 Å². The van der Waals surface area contributed by atoms with E-state index in [1.54, 1.807) is 19.2 Å². The van der Waals surface area contributed by atoms with Gasteiger partial charge in [0.25, 0.3) is 0 Å². The van der Waals surface area contributed by atoms with Crippen LogP contribution in [0.25, 0.3) is 0 Å². The molecule has 4 nitrogen and oxygen atoms in total. The van der Waals surface area contributed by atoms with Crippen molar-refractivity contribution in [1.82, 2.24) is 0 Å². The van der Waals surface area contributed by atoms with Crippen molar-refractivity contribution >= 4 is 39.3 Å². The van der Waals surface area contributed by atoms with Gasteiger partial charge in [0.2, 0.25) is 5.91 Å². The number of nitrogens with one attached hydrogen (secondary N) is 1. The Kier molecular flexibility index (Phi) is 7.52. The molecule has 0 radical (unpaired) electrons. The molecule has 1 N–H and O–H groups in total. The molecule has 0 saturated heterocycles. The van der Waals surface area contributed by atoms with Crippen molar-refractivity contribution in [3.63, 3.8) is 0 Å². The number of alkyl halides is 2. The maximum Gasteiger partial charge on any atom is 0.387 e. The summed E-state index contributed by atoms with van der Waals surface area (Å²) in [5, 5.41) is 2.58. The zero-order valence-corrected chi connectivity index (χ0v) is 15.7. The van der Waals surface area contributed by atoms with E-state index in [0.29, 0.717) is 5.75 Å². The van der Waals surface area contributed by atoms with E-state index in [-0.39, 0.29) is 23.1 Å². The fraction of sp³-hybridized carbons (Fsp3) is 0.235. The summed E-state index contributed by atoms with van der Waals surface area (Å²) in [7, 11) is 1.59. The summed E-state index contributed by atoms with van der Waals surface area (Å²) in [6, 6.07) is 11.8. The van der Waals surface area contributed by atoms with Gasteiger partial charge >= 0.3 is 6.61 Å². The Morgan fingerprint density at radius 2 is 2.00 bits per heavy atom. The lowest BCUT2D eigenvalue weighted by atomic mass is 10.2. The summed E-state index contributed by atoms with van der Waals surface area (Å²) in [5.74, 6) is 1.21. The SMILES string of the molecule is COc1ccc(CSCC(=O)Nc2ccccc2OC(F)F)cc1Br. The molecule has 0 aliphatic rings. The van der Waals surface area contributed by atoms with E-state index < -0.39 is 6.61 Å². The maximum atomic E-state index is 12.4. The molecule has 0 aromatic heterocycles. The van der Waals surface area contributed by atoms with Crippen molar-refractivity contribution in [2.75, 3.05) is 18.2 Å². The first-order chi connectivity index (χ1) is 12.0. The number of anilines is 1. The molecule has 1 amide bonds. The molecule has 2 aromatic carbocycles. The molecule has 8 heteroatoms. The lowest BCUT2D eigenvalue weighted by molar-refractivity contribution is -0.113. The zero-order chi connectivity index (χ0) is 18.2. The van der Waals surface area contributed by atoms with Crippen molar-refractivity contribution in [3.05, 3.63) is 52.5 Å². The van der Waals surface area contributed by atoms with Crippen molar-refractivity contribution in [3.8, 4) is 11.5 Å². The number of para-hydroxylation sites is 2. The van der Waals surface area contributed by atoms with Crippen LogP contribution in [-0.2, 0) is 10.5 Å². The number of amides is 1. The molecule has 0 aliphatic heterocycles. The van der Waals surface area contributed by atoms with Crippen LogP contribution in [0.2, 0.25) is 0 Å². The van der Waals surface area contributed by atoms with Gasteiger partial charge in [0.15, 0.2) is 0 Å². The molecule has 0 saturated carbocycles. The summed E-state index contributed by atoms with van der Waals surface area (Å²) in [6.07, 6.45) is 0. The Bertz CT molecular complexity index is 731. The highest BCUT2D eigenvalue weighted by Gasteiger charge is 2.11. The first-order valence-corrected chi connectivity index (χ1v) is 9.18. The number of hydrogen-bond donors (Lipinski definition) is 1. The van der Waals surface area contributed by atoms with Gasteiger partial charge in [-0.15, -0.1) is 11.8 Å². The third-order valence-electron chi connectivity index (χ3n) is 3.10. The molecule has 25 heavy (non-hydrogen) atoms. The molecule has 134 valence electrons. The Hall–Kier alpha value is -1.80. The van der Waals surface area contributed by atoms with E-state index in [4.69, 9.17) is 4.74 Å². The molecule has 0 atom stereocenters. The van der Waals surface area contributed by atoms with Crippen LogP contribution in [0.3, 0.4) is 0 Å². The molecule has 0 heterocycles. The number of rotatable bonds is 8. The lowest BCUT2D eigenvalue weighted by Gasteiger charge is -2.11. The number of methoxy groups -OCH3 is 1. The van der Waals surface area contributed by atoms with Crippen molar-refractivity contribution in [2.45, 2.75) is 12.4 Å². The van der Waals surface area contributed by atoms with Gasteiger partial charge < -0.3 is 14.8 Å². The molecular weight excluding hydrogens is 416 g/mol. The third kappa shape index (κ3) is 6.21. The maximum absolute atomic E-state index is 12.4. The minimum Gasteiger partial charge on any atom is -0.496 e. The zero-order valence-electron chi connectivity index (χ0n) is 13.3. The quantitative estimate of drug-likeness (QED) is 0.643. The number of benzene rings is 2. The molecule has 0 aliphatic carbocycles. The number of carbonyl (C=O) groups excluding carboxylic acids is 1. The molecule has 2 rings (SSSR count). The van der Waals surface area contributed by atoms with E-state index in [1.165, 1.54) is 23.9 Å². The predicted octanol–water partition coefficient (Wildman–Crippen LogP) is 4.93. The summed E-state index contributed by atoms with van der Waals surface area (Å²) >= 11 is 4.82. The van der Waals surface area contributed by atoms with Gasteiger partial charge in [0.1, 0.15) is 11.5 Å². The van der Waals surface area contributed by atoms with Crippen molar-refractivity contribution < 1.29 is 23.0 Å². The number of carbonyl (C=O) groups is 1. The number of hydrogen-bond acceptors (Lipinski definition) is 4. The Morgan fingerprint density at radius 3 is 2.68 bits per heavy atom. The number of thioether (sulfide) groups is 1. The van der Waals surface area contributed by atoms with Crippen LogP contribution in [0.5, 0.6) is 11.5 Å². The van der Waals surface area contributed by atoms with Crippen molar-refractivity contribution in [1.29, 1.82) is 0 Å². The van der Waals surface area contributed by atoms with Gasteiger partial charge in [0, 0.05) is 5.75 Å². The van der Waals surface area contributed by atoms with Gasteiger partial charge in [-0.2, -0.15) is 8.78 Å². The third-order valence-corrected chi connectivity index (χ3v) is 4.72. The second-order valence-electron chi connectivity index (χ2n) is 4.88. The van der Waals surface area contributed by atoms with Crippen molar-refractivity contribution in [2.24, 2.45) is 0 Å². The second-order valence-corrected chi connectivity index (χ2v) is 6.72. The van der Waals surface area contributed by atoms with Crippen LogP contribution in [0.4, 0.5) is 14.5 Å². The van der Waals surface area contributed by atoms with Crippen LogP contribution >= 0.6 is 27.7 Å². The molecule has 0 unspecified atom stereocenters. The minimum absolute atomic E-state index is 0.0602. The van der Waals surface area contributed by atoms with Gasteiger partial charge in [-0.1, -0.05) is 18.2 Å². The summed E-state index contributed by atoms with van der Waals surface area (Å²) in [5.41, 5.74) is 1.26. The van der Waals surface area contributed by atoms with Gasteiger partial charge in [-0.05, 0) is 45.8 Å². The average Bonchev–Trinajstić information content (AvgIpc) is 2.56. The molecule has 0 spiro atoms. The number of ether oxygens (including phenoxy) is 2. The fourth-order valence-electron chi connectivity index (χ4n) is 2.02. The normalized spacial score (nSPS) is 10.6. The Morgan fingerprint density at radius 1 is 1.24 bits per heavy atom. The van der Waals surface area contributed by atoms with Crippen LogP contribution in [0, 0.1) is 0 Å². The van der Waals surface area contributed by atoms with Gasteiger partial charge in [-0.25, -0.2) is 0 Å². The highest BCUT2D eigenvalue weighted by Crippen LogP contribution is 2.28. The van der Waals surface area contributed by atoms with E-state index >= 15 is 0 Å². The lowest BCUT2D eigenvalue weighted by Crippen LogP contribution is -2.15. The van der Waals surface area contributed by atoms with E-state index in [0.717, 1.165) is 15.8 Å². The molecule has 0 fully saturated rings. The van der Waals surface area contributed by atoms with Crippen LogP contribution in [0.15, 0.2) is 46.9 Å². The smallest absolute Gasteiger partial charge is 0.387 e. The van der Waals surface area contributed by atoms with Crippen LogP contribution < -0.4 is 14.8 Å². The largest absolute Gasteiger partial charge is 0.496 e. The fourth-order valence-corrected chi connectivity index (χ4v) is 3.38. The average molecular weight is 432 g/mol. The van der Waals surface area contributed by atoms with E-state index in [9.17, 15) is 13.6 Å². The summed E-state index contributed by atoms with van der Waals surface area (Å²) in [6.45, 7) is -2.94. The topological polar surface area (TPSA) is 47.6 Å². The molecular formula is C17H16BrF2NO3S. The monoisotopic (exact) mass is 431 g/mol. The molecule has 0 bridgehead atoms. The van der Waals surface area contributed by atoms with Crippen LogP contribution in [-0.4, -0.2) is 25.4 Å². The summed E-state index contributed by atoms with van der Waals surface area (Å²) < 4.78 is 35.1. The first-order valence-electron chi connectivity index (χ1n) is 7.23. The van der Waals surface area contributed by atoms with E-state index in [2.05, 4.69) is 26.0 Å². The minimum atomic E-state index is -2.94. The number of halogens is 3. The predicted molar refractivity (Wildman–Crippen MR) is 98.6 cm³/mol. The van der Waals surface area contributed by atoms with E-state index in [1.807, 2.05) is 18.2 Å². The van der Waals surface area contributed by atoms with Crippen LogP contribution in [0.1, 0.15) is 5.56 Å². The standard InChI is InChI=1S/C17H16BrF2NO3S/c1-23-14-7-6-11(8-12(14)18)9-25-10-16(22)21-13-4-2-3-5-15(13)24-17(19)20/h2-8,17H,9-10H2,1H3,(H,21,22). The molecule has 2 aromatic rings. The van der Waals surface area contributed by atoms with Gasteiger partial charge in [0.05, 0.1) is 23.0 Å². The summed E-state index contributed by atoms with van der Waals surface area (Å²) in [4.78, 5) is 12.0.